The lowest BCUT2D eigenvalue weighted by molar-refractivity contribution is -0.124. The van der Waals surface area contributed by atoms with E-state index in [-0.39, 0.29) is 53.6 Å². The fourth-order valence-corrected chi connectivity index (χ4v) is 1.33. The van der Waals surface area contributed by atoms with Crippen LogP contribution in [0, 0.1) is 5.92 Å². The molecule has 0 aromatic carbocycles. The smallest absolute Gasteiger partial charge is 0.316 e. The molecule has 5 nitrogen and oxygen atoms in total. The third-order valence-electron chi connectivity index (χ3n) is 1.94. The molecule has 1 amide bonds. The Morgan fingerprint density at radius 3 is 2.40 bits per heavy atom. The summed E-state index contributed by atoms with van der Waals surface area (Å²) in [7, 11) is -3.90. The van der Waals surface area contributed by atoms with Crippen molar-refractivity contribution in [1.82, 2.24) is 5.32 Å². The molecule has 0 saturated heterocycles. The molecule has 0 saturated carbocycles. The Kier molecular flexibility index (Phi) is 9.72. The predicted molar refractivity (Wildman–Crippen MR) is 62.0 cm³/mol. The highest BCUT2D eigenvalue weighted by molar-refractivity contribution is 7.85. The average molecular weight is 250 g/mol. The van der Waals surface area contributed by atoms with Gasteiger partial charge >= 0.3 is 23.1 Å². The number of hydrogen-bond acceptors (Lipinski definition) is 3. The van der Waals surface area contributed by atoms with Crippen molar-refractivity contribution in [3.8, 4) is 0 Å². The van der Waals surface area contributed by atoms with Crippen molar-refractivity contribution in [2.75, 3.05) is 12.3 Å². The molecule has 0 aliphatic carbocycles. The van der Waals surface area contributed by atoms with Gasteiger partial charge in [-0.1, -0.05) is 13.8 Å². The van der Waals surface area contributed by atoms with Gasteiger partial charge < -0.3 is 5.32 Å². The van der Waals surface area contributed by atoms with Crippen LogP contribution in [0.5, 0.6) is 0 Å². The fraction of sp³-hybridized carbons (Fsp3) is 0.875. The molecule has 0 spiro atoms. The molecule has 2 N–H and O–H groups in total. The molecule has 7 heteroatoms. The molecule has 0 fully saturated rings. The number of amides is 1. The minimum absolute atomic E-state index is 0. The Labute approximate surface area is 107 Å². The molecule has 0 heterocycles. The lowest BCUT2D eigenvalue weighted by atomic mass is 10.1. The number of carbonyl (C=O) groups excluding carboxylic acids is 1. The summed E-state index contributed by atoms with van der Waals surface area (Å²) in [5.41, 5.74) is 0. The Morgan fingerprint density at radius 1 is 1.47 bits per heavy atom. The summed E-state index contributed by atoms with van der Waals surface area (Å²) in [5, 5.41) is 2.59. The van der Waals surface area contributed by atoms with Crippen LogP contribution >= 0.6 is 0 Å². The molecule has 1 atom stereocenters. The second kappa shape index (κ2) is 8.32. The Morgan fingerprint density at radius 2 is 2.00 bits per heavy atom. The molecular formula is C8H19MgNO4S. The van der Waals surface area contributed by atoms with Crippen LogP contribution in [-0.2, 0) is 14.9 Å². The first-order valence-electron chi connectivity index (χ1n) is 4.59. The average Bonchev–Trinajstić information content (AvgIpc) is 2.09. The van der Waals surface area contributed by atoms with Crippen LogP contribution in [0.4, 0.5) is 0 Å². The van der Waals surface area contributed by atoms with Crippen molar-refractivity contribution in [1.29, 1.82) is 0 Å². The zero-order chi connectivity index (χ0) is 11.2. The number of hydrogen-bond donors (Lipinski definition) is 2. The van der Waals surface area contributed by atoms with Crippen molar-refractivity contribution in [2.24, 2.45) is 5.92 Å². The van der Waals surface area contributed by atoms with E-state index in [0.29, 0.717) is 0 Å². The molecule has 0 bridgehead atoms. The van der Waals surface area contributed by atoms with Crippen molar-refractivity contribution >= 4 is 39.1 Å². The van der Waals surface area contributed by atoms with E-state index >= 15 is 0 Å². The van der Waals surface area contributed by atoms with Gasteiger partial charge in [-0.05, 0) is 12.8 Å². The monoisotopic (exact) mass is 249 g/mol. The van der Waals surface area contributed by atoms with Gasteiger partial charge in [0, 0.05) is 12.5 Å². The number of rotatable bonds is 6. The zero-order valence-corrected chi connectivity index (χ0v) is 9.30. The standard InChI is InChI=1S/C8H17NO4S.Mg.2H/c1-3-7(2)8(10)9-5-4-6-14(11,12)13;;;/h7H,3-6H2,1-2H3,(H,9,10)(H,11,12,13);;;. The predicted octanol–water partition coefficient (Wildman–Crippen LogP) is -0.490. The van der Waals surface area contributed by atoms with Gasteiger partial charge in [0.15, 0.2) is 0 Å². The third-order valence-corrected chi connectivity index (χ3v) is 2.74. The first-order chi connectivity index (χ1) is 6.37. The second-order valence-electron chi connectivity index (χ2n) is 3.24. The lowest BCUT2D eigenvalue weighted by Gasteiger charge is -2.08. The number of carbonyl (C=O) groups is 1. The molecule has 1 unspecified atom stereocenters. The summed E-state index contributed by atoms with van der Waals surface area (Å²) >= 11 is 0. The first-order valence-corrected chi connectivity index (χ1v) is 6.20. The second-order valence-corrected chi connectivity index (χ2v) is 4.81. The molecule has 0 aromatic heterocycles. The van der Waals surface area contributed by atoms with Crippen LogP contribution in [0.3, 0.4) is 0 Å². The lowest BCUT2D eigenvalue weighted by Crippen LogP contribution is -2.30. The van der Waals surface area contributed by atoms with E-state index in [1.165, 1.54) is 0 Å². The summed E-state index contributed by atoms with van der Waals surface area (Å²) in [6, 6.07) is 0. The highest BCUT2D eigenvalue weighted by Gasteiger charge is 2.10. The summed E-state index contributed by atoms with van der Waals surface area (Å²) < 4.78 is 29.0. The minimum Gasteiger partial charge on any atom is -0.356 e. The summed E-state index contributed by atoms with van der Waals surface area (Å²) in [6.07, 6.45) is 0.991. The molecule has 0 aromatic rings. The van der Waals surface area contributed by atoms with Gasteiger partial charge in [-0.25, -0.2) is 0 Å². The van der Waals surface area contributed by atoms with E-state index in [4.69, 9.17) is 4.55 Å². The maximum atomic E-state index is 11.2. The van der Waals surface area contributed by atoms with Gasteiger partial charge in [-0.15, -0.1) is 0 Å². The maximum Gasteiger partial charge on any atom is 0.316 e. The van der Waals surface area contributed by atoms with E-state index in [1.807, 2.05) is 6.92 Å². The Hall–Kier alpha value is 0.146. The molecule has 88 valence electrons. The molecule has 0 rings (SSSR count). The largest absolute Gasteiger partial charge is 0.356 e. The van der Waals surface area contributed by atoms with Crippen LogP contribution in [0.25, 0.3) is 0 Å². The van der Waals surface area contributed by atoms with Crippen molar-refractivity contribution < 1.29 is 17.8 Å². The molecule has 0 radical (unpaired) electrons. The molecular weight excluding hydrogens is 230 g/mol. The van der Waals surface area contributed by atoms with Gasteiger partial charge in [0.1, 0.15) is 0 Å². The van der Waals surface area contributed by atoms with E-state index in [2.05, 4.69) is 5.32 Å². The molecule has 0 aliphatic rings. The topological polar surface area (TPSA) is 83.5 Å². The summed E-state index contributed by atoms with van der Waals surface area (Å²) in [4.78, 5) is 11.2. The van der Waals surface area contributed by atoms with Gasteiger partial charge in [-0.3, -0.25) is 9.35 Å². The Balaban J connectivity index is 0. The zero-order valence-electron chi connectivity index (χ0n) is 8.49. The quantitative estimate of drug-likeness (QED) is 0.378. The van der Waals surface area contributed by atoms with Crippen molar-refractivity contribution in [2.45, 2.75) is 26.7 Å². The van der Waals surface area contributed by atoms with Gasteiger partial charge in [-0.2, -0.15) is 8.42 Å². The number of nitrogens with one attached hydrogen (secondary N) is 1. The summed E-state index contributed by atoms with van der Waals surface area (Å²) in [5.74, 6) is -0.447. The SMILES string of the molecule is CCC(C)C(=O)NCCCS(=O)(=O)O.[MgH2]. The highest BCUT2D eigenvalue weighted by atomic mass is 32.2. The van der Waals surface area contributed by atoms with Gasteiger partial charge in [0.05, 0.1) is 5.75 Å². The van der Waals surface area contributed by atoms with Crippen LogP contribution in [-0.4, -0.2) is 54.2 Å². The first kappa shape index (κ1) is 17.5. The van der Waals surface area contributed by atoms with Crippen LogP contribution in [0.2, 0.25) is 0 Å². The van der Waals surface area contributed by atoms with Crippen LogP contribution < -0.4 is 5.32 Å². The van der Waals surface area contributed by atoms with E-state index in [1.54, 1.807) is 6.92 Å². The van der Waals surface area contributed by atoms with Crippen molar-refractivity contribution in [3.63, 3.8) is 0 Å². The molecule has 15 heavy (non-hydrogen) atoms. The van der Waals surface area contributed by atoms with Gasteiger partial charge in [0.25, 0.3) is 10.1 Å². The van der Waals surface area contributed by atoms with Gasteiger partial charge in [0.2, 0.25) is 5.91 Å². The van der Waals surface area contributed by atoms with E-state index in [9.17, 15) is 13.2 Å². The Bertz CT molecular complexity index is 278. The summed E-state index contributed by atoms with van der Waals surface area (Å²) in [6.45, 7) is 3.99. The normalized spacial score (nSPS) is 12.7. The highest BCUT2D eigenvalue weighted by Crippen LogP contribution is 1.99. The van der Waals surface area contributed by atoms with E-state index in [0.717, 1.165) is 6.42 Å². The van der Waals surface area contributed by atoms with Crippen molar-refractivity contribution in [3.05, 3.63) is 0 Å². The third kappa shape index (κ3) is 10.4. The van der Waals surface area contributed by atoms with Crippen LogP contribution in [0.15, 0.2) is 0 Å². The maximum absolute atomic E-state index is 11.2. The molecule has 0 aliphatic heterocycles. The minimum atomic E-state index is -3.90. The van der Waals surface area contributed by atoms with E-state index < -0.39 is 10.1 Å². The van der Waals surface area contributed by atoms with Crippen LogP contribution in [0.1, 0.15) is 26.7 Å². The fourth-order valence-electron chi connectivity index (χ4n) is 0.826.